The number of hydrogen-bond acceptors (Lipinski definition) is 3. The molecule has 0 saturated heterocycles. The Kier molecular flexibility index (Phi) is 15.6. The minimum absolute atomic E-state index is 0. The molecule has 0 aliphatic heterocycles. The van der Waals surface area contributed by atoms with Crippen molar-refractivity contribution in [3.8, 4) is 0 Å². The number of halogens is 1. The van der Waals surface area contributed by atoms with Gasteiger partial charge < -0.3 is 5.21 Å². The fourth-order valence-corrected chi connectivity index (χ4v) is 0.0786. The summed E-state index contributed by atoms with van der Waals surface area (Å²) in [5.74, 6) is 0. The summed E-state index contributed by atoms with van der Waals surface area (Å²) in [6.07, 6.45) is 0. The molecular formula is C2H4FKN2O. The van der Waals surface area contributed by atoms with E-state index in [9.17, 15) is 4.39 Å². The molecule has 0 radical (unpaired) electrons. The summed E-state index contributed by atoms with van der Waals surface area (Å²) in [5, 5.41) is 13.8. The van der Waals surface area contributed by atoms with Gasteiger partial charge in [-0.3, -0.25) is 0 Å². The first-order valence-corrected chi connectivity index (χ1v) is 1.47. The van der Waals surface area contributed by atoms with Gasteiger partial charge in [-0.05, 0) is 0 Å². The van der Waals surface area contributed by atoms with Gasteiger partial charge in [0.05, 0.1) is 6.54 Å². The van der Waals surface area contributed by atoms with Crippen LogP contribution in [0.2, 0.25) is 0 Å². The van der Waals surface area contributed by atoms with Crippen LogP contribution in [-0.2, 0) is 0 Å². The van der Waals surface area contributed by atoms with Crippen molar-refractivity contribution in [2.45, 2.75) is 0 Å². The molecule has 0 unspecified atom stereocenters. The Morgan fingerprint density at radius 1 is 1.57 bits per heavy atom. The molecule has 5 heteroatoms. The number of nitrogens with zero attached hydrogens (tertiary/aromatic N) is 2. The van der Waals surface area contributed by atoms with Crippen LogP contribution in [0, 0.1) is 5.21 Å². The van der Waals surface area contributed by atoms with Gasteiger partial charge in [0, 0.05) is 0 Å². The van der Waals surface area contributed by atoms with Gasteiger partial charge in [0.2, 0.25) is 0 Å². The molecule has 7 heavy (non-hydrogen) atoms. The molecule has 0 fully saturated rings. The van der Waals surface area contributed by atoms with Gasteiger partial charge in [0.25, 0.3) is 0 Å². The fraction of sp³-hybridized carbons (Fsp3) is 1.00. The van der Waals surface area contributed by atoms with Crippen molar-refractivity contribution in [1.82, 2.24) is 0 Å². The molecular weight excluding hydrogens is 126 g/mol. The Bertz CT molecular complexity index is 51.0. The predicted molar refractivity (Wildman–Crippen MR) is 19.1 cm³/mol. The van der Waals surface area contributed by atoms with Gasteiger partial charge >= 0.3 is 51.4 Å². The Morgan fingerprint density at radius 3 is 2.29 bits per heavy atom. The molecule has 0 spiro atoms. The Hall–Kier alpha value is 0.966. The molecule has 0 aromatic rings. The predicted octanol–water partition coefficient (Wildman–Crippen LogP) is -2.09. The second-order valence-electron chi connectivity index (χ2n) is 0.636. The van der Waals surface area contributed by atoms with Gasteiger partial charge in [-0.2, -0.15) is 5.11 Å². The van der Waals surface area contributed by atoms with E-state index in [2.05, 4.69) is 10.4 Å². The zero-order chi connectivity index (χ0) is 4.83. The largest absolute Gasteiger partial charge is 1.00 e. The fourth-order valence-electron chi connectivity index (χ4n) is 0.0786. The molecule has 0 saturated carbocycles. The van der Waals surface area contributed by atoms with Crippen molar-refractivity contribution in [3.63, 3.8) is 0 Å². The van der Waals surface area contributed by atoms with E-state index in [-0.39, 0.29) is 57.9 Å². The Morgan fingerprint density at radius 2 is 2.14 bits per heavy atom. The molecule has 0 aromatic heterocycles. The van der Waals surface area contributed by atoms with Crippen LogP contribution in [0.4, 0.5) is 4.39 Å². The van der Waals surface area contributed by atoms with Crippen LogP contribution in [0.1, 0.15) is 0 Å². The summed E-state index contributed by atoms with van der Waals surface area (Å²) in [7, 11) is 0. The van der Waals surface area contributed by atoms with Crippen LogP contribution in [0.5, 0.6) is 0 Å². The molecule has 0 aliphatic carbocycles. The van der Waals surface area contributed by atoms with E-state index < -0.39 is 6.67 Å². The summed E-state index contributed by atoms with van der Waals surface area (Å²) in [5.41, 5.74) is 0. The number of rotatable bonds is 2. The summed E-state index contributed by atoms with van der Waals surface area (Å²) < 4.78 is 10.9. The Balaban J connectivity index is 0. The van der Waals surface area contributed by atoms with Crippen molar-refractivity contribution in [2.75, 3.05) is 13.2 Å². The molecule has 36 valence electrons. The molecule has 3 nitrogen and oxygen atoms in total. The van der Waals surface area contributed by atoms with Gasteiger partial charge in [-0.25, -0.2) is 9.67 Å². The van der Waals surface area contributed by atoms with Crippen LogP contribution in [-0.4, -0.2) is 13.2 Å². The molecule has 0 aromatic carbocycles. The molecule has 0 bridgehead atoms. The van der Waals surface area contributed by atoms with Crippen LogP contribution >= 0.6 is 0 Å². The maximum absolute atomic E-state index is 10.9. The standard InChI is InChI=1S/C2H5FN2O.K/c3-1-2-4-5-6;/h1-2H2,(H,4,6);/q;+1/p-1. The van der Waals surface area contributed by atoms with Crippen molar-refractivity contribution in [1.29, 1.82) is 0 Å². The third-order valence-corrected chi connectivity index (χ3v) is 0.242. The van der Waals surface area contributed by atoms with Gasteiger partial charge in [-0.15, -0.1) is 0 Å². The second kappa shape index (κ2) is 10.1. The van der Waals surface area contributed by atoms with Crippen LogP contribution < -0.4 is 51.4 Å². The van der Waals surface area contributed by atoms with Crippen LogP contribution in [0.3, 0.4) is 0 Å². The number of hydrogen-bond donors (Lipinski definition) is 0. The quantitative estimate of drug-likeness (QED) is 0.240. The first-order valence-electron chi connectivity index (χ1n) is 1.47. The summed E-state index contributed by atoms with van der Waals surface area (Å²) in [6, 6.07) is 0. The zero-order valence-electron chi connectivity index (χ0n) is 4.09. The van der Waals surface area contributed by atoms with E-state index in [1.807, 2.05) is 0 Å². The summed E-state index contributed by atoms with van der Waals surface area (Å²) in [4.78, 5) is 0. The molecule has 0 N–H and O–H groups in total. The third kappa shape index (κ3) is 10.9. The molecule has 0 rings (SSSR count). The van der Waals surface area contributed by atoms with Crippen molar-refractivity contribution >= 4 is 0 Å². The van der Waals surface area contributed by atoms with Crippen molar-refractivity contribution in [3.05, 3.63) is 5.21 Å². The van der Waals surface area contributed by atoms with Crippen molar-refractivity contribution in [2.24, 2.45) is 10.4 Å². The van der Waals surface area contributed by atoms with E-state index in [0.29, 0.717) is 0 Å². The average Bonchev–Trinajstić information content (AvgIpc) is 1.61. The summed E-state index contributed by atoms with van der Waals surface area (Å²) >= 11 is 0. The van der Waals surface area contributed by atoms with E-state index >= 15 is 0 Å². The molecule has 0 aliphatic rings. The van der Waals surface area contributed by atoms with Gasteiger partial charge in [0.15, 0.2) is 0 Å². The zero-order valence-corrected chi connectivity index (χ0v) is 7.22. The normalized spacial score (nSPS) is 8.71. The van der Waals surface area contributed by atoms with E-state index in [4.69, 9.17) is 5.21 Å². The maximum atomic E-state index is 10.9. The average molecular weight is 130 g/mol. The van der Waals surface area contributed by atoms with Gasteiger partial charge in [0.1, 0.15) is 6.67 Å². The number of alkyl halides is 1. The minimum Gasteiger partial charge on any atom is -0.775 e. The Labute approximate surface area is 83.4 Å². The van der Waals surface area contributed by atoms with E-state index in [1.165, 1.54) is 0 Å². The van der Waals surface area contributed by atoms with E-state index in [0.717, 1.165) is 0 Å². The molecule has 0 amide bonds. The monoisotopic (exact) mass is 130 g/mol. The van der Waals surface area contributed by atoms with Crippen LogP contribution in [0.15, 0.2) is 10.4 Å². The minimum atomic E-state index is -0.605. The topological polar surface area (TPSA) is 47.8 Å². The molecule has 0 atom stereocenters. The first kappa shape index (κ1) is 10.9. The van der Waals surface area contributed by atoms with Crippen LogP contribution in [0.25, 0.3) is 0 Å². The van der Waals surface area contributed by atoms with Crippen molar-refractivity contribution < 1.29 is 55.8 Å². The maximum Gasteiger partial charge on any atom is 1.00 e. The second-order valence-corrected chi connectivity index (χ2v) is 0.636. The van der Waals surface area contributed by atoms with Gasteiger partial charge in [-0.1, -0.05) is 0 Å². The smallest absolute Gasteiger partial charge is 0.775 e. The SMILES string of the molecule is [K+].[O-]N=NCCF. The first-order chi connectivity index (χ1) is 2.91. The summed E-state index contributed by atoms with van der Waals surface area (Å²) in [6.45, 7) is -0.713. The molecule has 0 heterocycles. The third-order valence-electron chi connectivity index (χ3n) is 0.242. The van der Waals surface area contributed by atoms with E-state index in [1.54, 1.807) is 0 Å².